The van der Waals surface area contributed by atoms with Gasteiger partial charge in [-0.25, -0.2) is 0 Å². The summed E-state index contributed by atoms with van der Waals surface area (Å²) in [5, 5.41) is 4.19. The molecule has 1 heterocycles. The quantitative estimate of drug-likeness (QED) is 0.928. The summed E-state index contributed by atoms with van der Waals surface area (Å²) < 4.78 is 5.45. The molecule has 20 heavy (non-hydrogen) atoms. The first-order valence-electron chi connectivity index (χ1n) is 7.29. The molecule has 1 aromatic carbocycles. The third-order valence-corrected chi connectivity index (χ3v) is 4.25. The average molecular weight is 271 g/mol. The smallest absolute Gasteiger partial charge is 0.231 e. The number of aromatic nitrogens is 2. The highest BCUT2D eigenvalue weighted by atomic mass is 16.5. The lowest BCUT2D eigenvalue weighted by Crippen LogP contribution is -2.18. The Morgan fingerprint density at radius 3 is 2.45 bits per heavy atom. The zero-order chi connectivity index (χ0) is 14.1. The van der Waals surface area contributed by atoms with Gasteiger partial charge < -0.3 is 10.3 Å². The van der Waals surface area contributed by atoms with Crippen LogP contribution >= 0.6 is 0 Å². The lowest BCUT2D eigenvalue weighted by molar-refractivity contribution is 0.320. The number of rotatable bonds is 4. The first-order chi connectivity index (χ1) is 9.69. The number of hydrogen-bond acceptors (Lipinski definition) is 4. The Bertz CT molecular complexity index is 566. The van der Waals surface area contributed by atoms with E-state index < -0.39 is 0 Å². The van der Waals surface area contributed by atoms with Gasteiger partial charge in [0.2, 0.25) is 5.89 Å². The standard InChI is InChI=1S/C16H21N3O/c1-10(2)14(9-17)16-18-15(19-20-16)13-7-11-5-3-4-6-12(11)8-13/h3-6,10,13-14H,7-9,17H2,1-2H3. The molecule has 106 valence electrons. The summed E-state index contributed by atoms with van der Waals surface area (Å²) in [6.07, 6.45) is 2.01. The van der Waals surface area contributed by atoms with Crippen LogP contribution in [0.25, 0.3) is 0 Å². The van der Waals surface area contributed by atoms with E-state index in [1.807, 2.05) is 0 Å². The number of hydrogen-bond donors (Lipinski definition) is 1. The van der Waals surface area contributed by atoms with Crippen molar-refractivity contribution in [3.63, 3.8) is 0 Å². The van der Waals surface area contributed by atoms with Crippen LogP contribution < -0.4 is 5.73 Å². The highest BCUT2D eigenvalue weighted by Gasteiger charge is 2.28. The predicted molar refractivity (Wildman–Crippen MR) is 77.5 cm³/mol. The van der Waals surface area contributed by atoms with Crippen LogP contribution in [0, 0.1) is 5.92 Å². The van der Waals surface area contributed by atoms with Gasteiger partial charge in [0.25, 0.3) is 0 Å². The molecule has 2 N–H and O–H groups in total. The second-order valence-corrected chi connectivity index (χ2v) is 5.95. The van der Waals surface area contributed by atoms with E-state index in [9.17, 15) is 0 Å². The molecule has 1 aliphatic carbocycles. The van der Waals surface area contributed by atoms with E-state index in [-0.39, 0.29) is 5.92 Å². The molecule has 1 aliphatic rings. The predicted octanol–water partition coefficient (Wildman–Crippen LogP) is 2.65. The zero-order valence-corrected chi connectivity index (χ0v) is 12.0. The molecule has 2 aromatic rings. The van der Waals surface area contributed by atoms with Crippen LogP contribution in [0.1, 0.15) is 48.5 Å². The molecule has 0 saturated carbocycles. The Kier molecular flexibility index (Phi) is 3.57. The zero-order valence-electron chi connectivity index (χ0n) is 12.0. The summed E-state index contributed by atoms with van der Waals surface area (Å²) in [4.78, 5) is 4.61. The van der Waals surface area contributed by atoms with Crippen LogP contribution in [0.3, 0.4) is 0 Å². The van der Waals surface area contributed by atoms with Crippen LogP contribution in [0.15, 0.2) is 28.8 Å². The number of fused-ring (bicyclic) bond motifs is 1. The first kappa shape index (κ1) is 13.3. The van der Waals surface area contributed by atoms with Crippen molar-refractivity contribution in [3.8, 4) is 0 Å². The van der Waals surface area contributed by atoms with Gasteiger partial charge in [-0.15, -0.1) is 0 Å². The van der Waals surface area contributed by atoms with Crippen molar-refractivity contribution in [2.75, 3.05) is 6.54 Å². The lowest BCUT2D eigenvalue weighted by Gasteiger charge is -2.13. The highest BCUT2D eigenvalue weighted by Crippen LogP contribution is 2.33. The molecule has 0 radical (unpaired) electrons. The Balaban J connectivity index is 1.79. The molecule has 1 aromatic heterocycles. The summed E-state index contributed by atoms with van der Waals surface area (Å²) in [5.41, 5.74) is 8.62. The summed E-state index contributed by atoms with van der Waals surface area (Å²) in [6, 6.07) is 8.55. The normalized spacial score (nSPS) is 16.6. The number of nitrogens with two attached hydrogens (primary N) is 1. The van der Waals surface area contributed by atoms with Crippen LogP contribution in [-0.2, 0) is 12.8 Å². The third-order valence-electron chi connectivity index (χ3n) is 4.25. The maximum Gasteiger partial charge on any atom is 0.231 e. The molecule has 3 rings (SSSR count). The van der Waals surface area contributed by atoms with E-state index in [2.05, 4.69) is 48.3 Å². The highest BCUT2D eigenvalue weighted by molar-refractivity contribution is 5.34. The van der Waals surface area contributed by atoms with Crippen molar-refractivity contribution in [2.45, 2.75) is 38.5 Å². The minimum atomic E-state index is 0.153. The maximum atomic E-state index is 5.81. The number of benzene rings is 1. The van der Waals surface area contributed by atoms with Crippen LogP contribution in [0.5, 0.6) is 0 Å². The molecule has 1 atom stereocenters. The summed E-state index contributed by atoms with van der Waals surface area (Å²) in [5.74, 6) is 2.42. The molecule has 1 unspecified atom stereocenters. The topological polar surface area (TPSA) is 64.9 Å². The molecule has 0 bridgehead atoms. The van der Waals surface area contributed by atoms with E-state index in [4.69, 9.17) is 10.3 Å². The van der Waals surface area contributed by atoms with E-state index in [1.54, 1.807) is 0 Å². The molecule has 4 nitrogen and oxygen atoms in total. The molecule has 0 fully saturated rings. The fourth-order valence-electron chi connectivity index (χ4n) is 2.96. The van der Waals surface area contributed by atoms with Crippen molar-refractivity contribution < 1.29 is 4.52 Å². The van der Waals surface area contributed by atoms with Crippen molar-refractivity contribution in [3.05, 3.63) is 47.1 Å². The fraction of sp³-hybridized carbons (Fsp3) is 0.500. The largest absolute Gasteiger partial charge is 0.339 e. The Labute approximate surface area is 119 Å². The van der Waals surface area contributed by atoms with Gasteiger partial charge in [0.1, 0.15) is 0 Å². The first-order valence-corrected chi connectivity index (χ1v) is 7.29. The van der Waals surface area contributed by atoms with Crippen LogP contribution in [-0.4, -0.2) is 16.7 Å². The van der Waals surface area contributed by atoms with E-state index in [0.29, 0.717) is 24.3 Å². The molecule has 0 saturated heterocycles. The van der Waals surface area contributed by atoms with Gasteiger partial charge in [-0.05, 0) is 29.9 Å². The minimum absolute atomic E-state index is 0.153. The van der Waals surface area contributed by atoms with Gasteiger partial charge in [-0.2, -0.15) is 4.98 Å². The maximum absolute atomic E-state index is 5.81. The van der Waals surface area contributed by atoms with Gasteiger partial charge in [-0.3, -0.25) is 0 Å². The van der Waals surface area contributed by atoms with E-state index in [0.717, 1.165) is 18.7 Å². The lowest BCUT2D eigenvalue weighted by atomic mass is 9.96. The average Bonchev–Trinajstić information content (AvgIpc) is 3.04. The van der Waals surface area contributed by atoms with Crippen molar-refractivity contribution in [1.82, 2.24) is 10.1 Å². The van der Waals surface area contributed by atoms with Gasteiger partial charge >= 0.3 is 0 Å². The summed E-state index contributed by atoms with van der Waals surface area (Å²) in [6.45, 7) is 4.81. The molecule has 4 heteroatoms. The molecular formula is C16H21N3O. The van der Waals surface area contributed by atoms with Gasteiger partial charge in [-0.1, -0.05) is 43.3 Å². The van der Waals surface area contributed by atoms with Gasteiger partial charge in [0, 0.05) is 12.5 Å². The second-order valence-electron chi connectivity index (χ2n) is 5.95. The fourth-order valence-corrected chi connectivity index (χ4v) is 2.96. The summed E-state index contributed by atoms with van der Waals surface area (Å²) >= 11 is 0. The van der Waals surface area contributed by atoms with Crippen molar-refractivity contribution in [1.29, 1.82) is 0 Å². The van der Waals surface area contributed by atoms with Crippen LogP contribution in [0.4, 0.5) is 0 Å². The van der Waals surface area contributed by atoms with Gasteiger partial charge in [0.15, 0.2) is 5.82 Å². The Morgan fingerprint density at radius 2 is 1.90 bits per heavy atom. The van der Waals surface area contributed by atoms with Gasteiger partial charge in [0.05, 0.1) is 5.92 Å². The van der Waals surface area contributed by atoms with Crippen LogP contribution in [0.2, 0.25) is 0 Å². The number of nitrogens with zero attached hydrogens (tertiary/aromatic N) is 2. The second kappa shape index (κ2) is 5.37. The Morgan fingerprint density at radius 1 is 1.25 bits per heavy atom. The molecule has 0 aliphatic heterocycles. The monoisotopic (exact) mass is 271 g/mol. The SMILES string of the molecule is CC(C)C(CN)c1nc(C2Cc3ccccc3C2)no1. The molecule has 0 amide bonds. The van der Waals surface area contributed by atoms with Crippen molar-refractivity contribution in [2.24, 2.45) is 11.7 Å². The van der Waals surface area contributed by atoms with E-state index in [1.165, 1.54) is 11.1 Å². The van der Waals surface area contributed by atoms with Crippen molar-refractivity contribution >= 4 is 0 Å². The third kappa shape index (κ3) is 2.36. The minimum Gasteiger partial charge on any atom is -0.339 e. The van der Waals surface area contributed by atoms with E-state index >= 15 is 0 Å². The Hall–Kier alpha value is -1.68. The molecule has 0 spiro atoms. The molecular weight excluding hydrogens is 250 g/mol. The summed E-state index contributed by atoms with van der Waals surface area (Å²) in [7, 11) is 0.